The van der Waals surface area contributed by atoms with Crippen LogP contribution in [0.15, 0.2) is 12.3 Å². The van der Waals surface area contributed by atoms with E-state index in [1.807, 2.05) is 6.07 Å². The fraction of sp³-hybridized carbons (Fsp3) is 0.500. The summed E-state index contributed by atoms with van der Waals surface area (Å²) in [5.74, 6) is 1.25. The predicted molar refractivity (Wildman–Crippen MR) is 54.3 cm³/mol. The third-order valence-electron chi connectivity index (χ3n) is 2.77. The maximum Gasteiger partial charge on any atom is 0.126 e. The molecule has 13 heavy (non-hydrogen) atoms. The number of nitrogen functional groups attached to an aromatic ring is 2. The molecule has 0 aliphatic heterocycles. The highest BCUT2D eigenvalue weighted by atomic mass is 14.8. The van der Waals surface area contributed by atoms with Gasteiger partial charge < -0.3 is 11.5 Å². The van der Waals surface area contributed by atoms with Gasteiger partial charge in [-0.25, -0.2) is 4.98 Å². The molecule has 0 amide bonds. The van der Waals surface area contributed by atoms with Crippen LogP contribution in [0.1, 0.15) is 37.2 Å². The zero-order chi connectivity index (χ0) is 9.26. The molecule has 1 aromatic heterocycles. The maximum atomic E-state index is 5.80. The first kappa shape index (κ1) is 8.35. The van der Waals surface area contributed by atoms with E-state index in [1.165, 1.54) is 25.7 Å². The van der Waals surface area contributed by atoms with Crippen molar-refractivity contribution in [2.45, 2.75) is 31.6 Å². The number of hydrogen-bond acceptors (Lipinski definition) is 3. The van der Waals surface area contributed by atoms with Gasteiger partial charge in [-0.05, 0) is 30.4 Å². The van der Waals surface area contributed by atoms with Crippen molar-refractivity contribution in [3.63, 3.8) is 0 Å². The lowest BCUT2D eigenvalue weighted by atomic mass is 9.98. The van der Waals surface area contributed by atoms with E-state index in [-0.39, 0.29) is 0 Å². The molecule has 1 aliphatic rings. The van der Waals surface area contributed by atoms with E-state index in [0.717, 1.165) is 11.3 Å². The summed E-state index contributed by atoms with van der Waals surface area (Å²) in [5.41, 5.74) is 13.3. The fourth-order valence-corrected chi connectivity index (χ4v) is 2.07. The van der Waals surface area contributed by atoms with Gasteiger partial charge in [-0.2, -0.15) is 0 Å². The van der Waals surface area contributed by atoms with Crippen molar-refractivity contribution in [2.24, 2.45) is 0 Å². The molecule has 0 spiro atoms. The molecule has 1 saturated carbocycles. The number of nitrogens with zero attached hydrogens (tertiary/aromatic N) is 1. The normalized spacial score (nSPS) is 17.8. The van der Waals surface area contributed by atoms with Gasteiger partial charge in [0.15, 0.2) is 0 Å². The monoisotopic (exact) mass is 177 g/mol. The highest BCUT2D eigenvalue weighted by Gasteiger charge is 2.19. The summed E-state index contributed by atoms with van der Waals surface area (Å²) < 4.78 is 0. The molecule has 4 N–H and O–H groups in total. The van der Waals surface area contributed by atoms with Crippen molar-refractivity contribution >= 4 is 11.5 Å². The summed E-state index contributed by atoms with van der Waals surface area (Å²) in [6.07, 6.45) is 6.69. The molecular formula is C10H15N3. The molecule has 1 fully saturated rings. The molecule has 3 nitrogen and oxygen atoms in total. The minimum absolute atomic E-state index is 0.594. The Morgan fingerprint density at radius 3 is 2.62 bits per heavy atom. The molecular weight excluding hydrogens is 162 g/mol. The molecule has 0 radical (unpaired) electrons. The Kier molecular flexibility index (Phi) is 2.08. The Balaban J connectivity index is 2.32. The molecule has 1 aliphatic carbocycles. The summed E-state index contributed by atoms with van der Waals surface area (Å²) >= 11 is 0. The SMILES string of the molecule is Nc1cnc(N)c(C2CCCC2)c1. The van der Waals surface area contributed by atoms with Gasteiger partial charge in [0.2, 0.25) is 0 Å². The zero-order valence-electron chi connectivity index (χ0n) is 7.66. The number of anilines is 2. The second-order valence-electron chi connectivity index (χ2n) is 3.72. The highest BCUT2D eigenvalue weighted by molar-refractivity contribution is 5.50. The second-order valence-corrected chi connectivity index (χ2v) is 3.72. The van der Waals surface area contributed by atoms with E-state index in [9.17, 15) is 0 Å². The first-order chi connectivity index (χ1) is 6.27. The number of hydrogen-bond donors (Lipinski definition) is 2. The average molecular weight is 177 g/mol. The quantitative estimate of drug-likeness (QED) is 0.688. The maximum absolute atomic E-state index is 5.80. The third kappa shape index (κ3) is 1.59. The van der Waals surface area contributed by atoms with Gasteiger partial charge in [0.05, 0.1) is 11.9 Å². The molecule has 1 heterocycles. The lowest BCUT2D eigenvalue weighted by molar-refractivity contribution is 0.723. The van der Waals surface area contributed by atoms with Crippen LogP contribution in [-0.2, 0) is 0 Å². The molecule has 2 rings (SSSR count). The lowest BCUT2D eigenvalue weighted by Gasteiger charge is -2.11. The third-order valence-corrected chi connectivity index (χ3v) is 2.77. The number of rotatable bonds is 1. The van der Waals surface area contributed by atoms with Crippen molar-refractivity contribution in [1.29, 1.82) is 0 Å². The molecule has 0 saturated heterocycles. The molecule has 0 bridgehead atoms. The van der Waals surface area contributed by atoms with E-state index >= 15 is 0 Å². The number of nitrogens with two attached hydrogens (primary N) is 2. The number of pyridine rings is 1. The molecule has 70 valence electrons. The lowest BCUT2D eigenvalue weighted by Crippen LogP contribution is -2.02. The predicted octanol–water partition coefficient (Wildman–Crippen LogP) is 1.90. The van der Waals surface area contributed by atoms with Crippen LogP contribution in [-0.4, -0.2) is 4.98 Å². The summed E-state index contributed by atoms with van der Waals surface area (Å²) in [4.78, 5) is 4.08. The Morgan fingerprint density at radius 2 is 1.92 bits per heavy atom. The molecule has 1 aromatic rings. The van der Waals surface area contributed by atoms with Crippen molar-refractivity contribution in [1.82, 2.24) is 4.98 Å². The minimum atomic E-state index is 0.594. The fourth-order valence-electron chi connectivity index (χ4n) is 2.07. The summed E-state index contributed by atoms with van der Waals surface area (Å²) in [6.45, 7) is 0. The van der Waals surface area contributed by atoms with Gasteiger partial charge in [-0.3, -0.25) is 0 Å². The summed E-state index contributed by atoms with van der Waals surface area (Å²) in [7, 11) is 0. The van der Waals surface area contributed by atoms with Crippen molar-refractivity contribution < 1.29 is 0 Å². The first-order valence-corrected chi connectivity index (χ1v) is 4.78. The highest BCUT2D eigenvalue weighted by Crippen LogP contribution is 2.36. The molecule has 3 heteroatoms. The van der Waals surface area contributed by atoms with Crippen LogP contribution in [0, 0.1) is 0 Å². The Bertz CT molecular complexity index is 303. The molecule has 0 atom stereocenters. The van der Waals surface area contributed by atoms with Gasteiger partial charge in [0, 0.05) is 0 Å². The minimum Gasteiger partial charge on any atom is -0.397 e. The molecule has 0 aromatic carbocycles. The van der Waals surface area contributed by atoms with Crippen LogP contribution in [0.25, 0.3) is 0 Å². The largest absolute Gasteiger partial charge is 0.397 e. The van der Waals surface area contributed by atoms with E-state index < -0.39 is 0 Å². The summed E-state index contributed by atoms with van der Waals surface area (Å²) in [5, 5.41) is 0. The van der Waals surface area contributed by atoms with Gasteiger partial charge in [-0.15, -0.1) is 0 Å². The second kappa shape index (κ2) is 3.24. The van der Waals surface area contributed by atoms with Crippen LogP contribution >= 0.6 is 0 Å². The van der Waals surface area contributed by atoms with E-state index in [0.29, 0.717) is 11.7 Å². The van der Waals surface area contributed by atoms with Gasteiger partial charge >= 0.3 is 0 Å². The average Bonchev–Trinajstić information content (AvgIpc) is 2.61. The summed E-state index contributed by atoms with van der Waals surface area (Å²) in [6, 6.07) is 1.97. The Labute approximate surface area is 78.1 Å². The van der Waals surface area contributed by atoms with Gasteiger partial charge in [0.1, 0.15) is 5.82 Å². The van der Waals surface area contributed by atoms with E-state index in [2.05, 4.69) is 4.98 Å². The van der Waals surface area contributed by atoms with Crippen LogP contribution in [0.4, 0.5) is 11.5 Å². The van der Waals surface area contributed by atoms with Gasteiger partial charge in [-0.1, -0.05) is 12.8 Å². The van der Waals surface area contributed by atoms with Crippen LogP contribution in [0.3, 0.4) is 0 Å². The molecule has 0 unspecified atom stereocenters. The van der Waals surface area contributed by atoms with Crippen LogP contribution in [0.5, 0.6) is 0 Å². The van der Waals surface area contributed by atoms with Crippen molar-refractivity contribution in [3.05, 3.63) is 17.8 Å². The standard InChI is InChI=1S/C10H15N3/c11-8-5-9(10(12)13-6-8)7-3-1-2-4-7/h5-7H,1-4,11H2,(H2,12,13). The van der Waals surface area contributed by atoms with Crippen molar-refractivity contribution in [3.8, 4) is 0 Å². The van der Waals surface area contributed by atoms with Crippen LogP contribution < -0.4 is 11.5 Å². The topological polar surface area (TPSA) is 64.9 Å². The number of aromatic nitrogens is 1. The Hall–Kier alpha value is -1.25. The van der Waals surface area contributed by atoms with E-state index in [4.69, 9.17) is 11.5 Å². The van der Waals surface area contributed by atoms with Crippen LogP contribution in [0.2, 0.25) is 0 Å². The van der Waals surface area contributed by atoms with Crippen molar-refractivity contribution in [2.75, 3.05) is 11.5 Å². The van der Waals surface area contributed by atoms with Gasteiger partial charge in [0.25, 0.3) is 0 Å². The Morgan fingerprint density at radius 1 is 1.23 bits per heavy atom. The zero-order valence-corrected chi connectivity index (χ0v) is 7.66. The van der Waals surface area contributed by atoms with E-state index in [1.54, 1.807) is 6.20 Å². The smallest absolute Gasteiger partial charge is 0.126 e. The first-order valence-electron chi connectivity index (χ1n) is 4.78.